The highest BCUT2D eigenvalue weighted by Gasteiger charge is 2.44. The van der Waals surface area contributed by atoms with Crippen LogP contribution in [0.15, 0.2) is 4.99 Å². The van der Waals surface area contributed by atoms with Gasteiger partial charge in [-0.3, -0.25) is 15.1 Å². The molecular weight excluding hydrogens is 231 g/mol. The second-order valence-corrected chi connectivity index (χ2v) is 2.95. The van der Waals surface area contributed by atoms with Crippen LogP contribution >= 0.6 is 0 Å². The number of esters is 1. The summed E-state index contributed by atoms with van der Waals surface area (Å²) in [6.45, 7) is -0.0560. The molecule has 0 fully saturated rings. The van der Waals surface area contributed by atoms with Gasteiger partial charge in [-0.15, -0.1) is 0 Å². The minimum Gasteiger partial charge on any atom is -0.439 e. The van der Waals surface area contributed by atoms with Crippen LogP contribution in [0.4, 0.5) is 13.2 Å². The number of nitrogens with two attached hydrogens (primary N) is 1. The fourth-order valence-corrected chi connectivity index (χ4v) is 1.03. The summed E-state index contributed by atoms with van der Waals surface area (Å²) in [7, 11) is 0. The van der Waals surface area contributed by atoms with Gasteiger partial charge < -0.3 is 10.5 Å². The number of halogens is 3. The van der Waals surface area contributed by atoms with E-state index in [-0.39, 0.29) is 6.67 Å². The first-order valence-electron chi connectivity index (χ1n) is 4.13. The van der Waals surface area contributed by atoms with Crippen LogP contribution in [0.1, 0.15) is 0 Å². The standard InChI is InChI=1S/C7H8F3N3O3/c8-7(9,10)6(15)16-5-3(4(11)14)1-12-2-13-5/h1,3,5,13H,2H2,(H2,11,14). The second-order valence-electron chi connectivity index (χ2n) is 2.95. The maximum atomic E-state index is 11.9. The molecule has 1 amide bonds. The van der Waals surface area contributed by atoms with E-state index in [9.17, 15) is 22.8 Å². The molecule has 9 heteroatoms. The molecule has 2 unspecified atom stereocenters. The third-order valence-electron chi connectivity index (χ3n) is 1.77. The number of rotatable bonds is 2. The molecule has 0 saturated heterocycles. The number of primary amides is 1. The van der Waals surface area contributed by atoms with Gasteiger partial charge in [0.05, 0.1) is 6.67 Å². The van der Waals surface area contributed by atoms with Crippen LogP contribution < -0.4 is 11.1 Å². The number of nitrogens with zero attached hydrogens (tertiary/aromatic N) is 1. The van der Waals surface area contributed by atoms with E-state index in [1.165, 1.54) is 0 Å². The quantitative estimate of drug-likeness (QED) is 0.614. The lowest BCUT2D eigenvalue weighted by molar-refractivity contribution is -0.207. The van der Waals surface area contributed by atoms with Crippen molar-refractivity contribution in [1.29, 1.82) is 0 Å². The predicted molar refractivity (Wildman–Crippen MR) is 45.1 cm³/mol. The lowest BCUT2D eigenvalue weighted by atomic mass is 10.1. The number of ether oxygens (including phenoxy) is 1. The molecule has 1 aliphatic rings. The highest BCUT2D eigenvalue weighted by molar-refractivity contribution is 5.93. The number of nitrogens with one attached hydrogen (secondary N) is 1. The van der Waals surface area contributed by atoms with Crippen LogP contribution in [0.5, 0.6) is 0 Å². The van der Waals surface area contributed by atoms with Gasteiger partial charge in [-0.1, -0.05) is 0 Å². The molecule has 16 heavy (non-hydrogen) atoms. The molecule has 3 N–H and O–H groups in total. The number of hydrogen-bond acceptors (Lipinski definition) is 5. The lowest BCUT2D eigenvalue weighted by Gasteiger charge is -2.25. The number of carbonyl (C=O) groups is 2. The maximum absolute atomic E-state index is 11.9. The first kappa shape index (κ1) is 12.4. The van der Waals surface area contributed by atoms with E-state index in [2.05, 4.69) is 15.0 Å². The lowest BCUT2D eigenvalue weighted by Crippen LogP contribution is -2.50. The first-order chi connectivity index (χ1) is 7.32. The van der Waals surface area contributed by atoms with Gasteiger partial charge in [-0.25, -0.2) is 4.79 Å². The highest BCUT2D eigenvalue weighted by Crippen LogP contribution is 2.19. The van der Waals surface area contributed by atoms with Gasteiger partial charge in [0.1, 0.15) is 5.92 Å². The van der Waals surface area contributed by atoms with Gasteiger partial charge in [0.25, 0.3) is 0 Å². The predicted octanol–water partition coefficient (Wildman–Crippen LogP) is -0.849. The van der Waals surface area contributed by atoms with E-state index < -0.39 is 30.2 Å². The molecule has 1 rings (SSSR count). The first-order valence-corrected chi connectivity index (χ1v) is 4.13. The smallest absolute Gasteiger partial charge is 0.439 e. The monoisotopic (exact) mass is 239 g/mol. The number of carbonyl (C=O) groups excluding carboxylic acids is 2. The van der Waals surface area contributed by atoms with Crippen LogP contribution in [-0.4, -0.2) is 37.2 Å². The summed E-state index contributed by atoms with van der Waals surface area (Å²) in [6, 6.07) is 0. The summed E-state index contributed by atoms with van der Waals surface area (Å²) in [5, 5.41) is 2.31. The van der Waals surface area contributed by atoms with Crippen LogP contribution in [0.2, 0.25) is 0 Å². The van der Waals surface area contributed by atoms with Crippen molar-refractivity contribution >= 4 is 18.1 Å². The number of aliphatic imine (C=N–C) groups is 1. The van der Waals surface area contributed by atoms with Crippen LogP contribution in [-0.2, 0) is 14.3 Å². The topological polar surface area (TPSA) is 93.8 Å². The molecule has 1 aliphatic heterocycles. The molecule has 0 aliphatic carbocycles. The van der Waals surface area contributed by atoms with E-state index in [1.54, 1.807) is 0 Å². The van der Waals surface area contributed by atoms with Gasteiger partial charge in [-0.05, 0) is 0 Å². The largest absolute Gasteiger partial charge is 0.490 e. The van der Waals surface area contributed by atoms with Crippen LogP contribution in [0, 0.1) is 5.92 Å². The molecule has 0 bridgehead atoms. The van der Waals surface area contributed by atoms with Crippen molar-refractivity contribution in [3.63, 3.8) is 0 Å². The van der Waals surface area contributed by atoms with Crippen molar-refractivity contribution in [2.24, 2.45) is 16.6 Å². The third kappa shape index (κ3) is 2.92. The summed E-state index contributed by atoms with van der Waals surface area (Å²) < 4.78 is 39.7. The highest BCUT2D eigenvalue weighted by atomic mass is 19.4. The van der Waals surface area contributed by atoms with Crippen molar-refractivity contribution in [2.75, 3.05) is 6.67 Å². The summed E-state index contributed by atoms with van der Waals surface area (Å²) in [5.41, 5.74) is 4.90. The fourth-order valence-electron chi connectivity index (χ4n) is 1.03. The normalized spacial score (nSPS) is 25.2. The van der Waals surface area contributed by atoms with Crippen molar-refractivity contribution in [3.8, 4) is 0 Å². The van der Waals surface area contributed by atoms with Gasteiger partial charge in [0.15, 0.2) is 6.23 Å². The van der Waals surface area contributed by atoms with E-state index in [0.29, 0.717) is 0 Å². The Hall–Kier alpha value is -1.64. The minimum atomic E-state index is -5.11. The molecule has 0 aromatic heterocycles. The van der Waals surface area contributed by atoms with Crippen molar-refractivity contribution in [1.82, 2.24) is 5.32 Å². The van der Waals surface area contributed by atoms with Gasteiger partial charge in [0, 0.05) is 6.21 Å². The van der Waals surface area contributed by atoms with Crippen molar-refractivity contribution in [2.45, 2.75) is 12.4 Å². The number of hydrogen-bond donors (Lipinski definition) is 2. The number of amides is 1. The molecule has 0 saturated carbocycles. The Kier molecular flexibility index (Phi) is 3.48. The Bertz CT molecular complexity index is 329. The summed E-state index contributed by atoms with van der Waals surface area (Å²) in [4.78, 5) is 24.9. The van der Waals surface area contributed by atoms with Crippen molar-refractivity contribution in [3.05, 3.63) is 0 Å². The molecular formula is C7H8F3N3O3. The van der Waals surface area contributed by atoms with Gasteiger partial charge in [0.2, 0.25) is 5.91 Å². The molecule has 90 valence electrons. The summed E-state index contributed by atoms with van der Waals surface area (Å²) in [5.74, 6) is -4.53. The Labute approximate surface area is 87.6 Å². The van der Waals surface area contributed by atoms with Gasteiger partial charge >= 0.3 is 12.1 Å². The summed E-state index contributed by atoms with van der Waals surface area (Å²) in [6.07, 6.45) is -5.50. The second kappa shape index (κ2) is 4.47. The molecule has 0 aromatic rings. The maximum Gasteiger partial charge on any atom is 0.490 e. The zero-order chi connectivity index (χ0) is 12.3. The zero-order valence-electron chi connectivity index (χ0n) is 7.82. The van der Waals surface area contributed by atoms with E-state index in [1.807, 2.05) is 0 Å². The molecule has 0 radical (unpaired) electrons. The zero-order valence-corrected chi connectivity index (χ0v) is 7.82. The fraction of sp³-hybridized carbons (Fsp3) is 0.571. The SMILES string of the molecule is NC(=O)C1C=NCNC1OC(=O)C(F)(F)F. The Morgan fingerprint density at radius 1 is 1.50 bits per heavy atom. The summed E-state index contributed by atoms with van der Waals surface area (Å²) >= 11 is 0. The molecule has 1 heterocycles. The molecule has 2 atom stereocenters. The Morgan fingerprint density at radius 3 is 2.62 bits per heavy atom. The average Bonchev–Trinajstić information content (AvgIpc) is 2.16. The Balaban J connectivity index is 2.69. The average molecular weight is 239 g/mol. The molecule has 0 aromatic carbocycles. The third-order valence-corrected chi connectivity index (χ3v) is 1.77. The minimum absolute atomic E-state index is 0.0560. The van der Waals surface area contributed by atoms with Gasteiger partial charge in [-0.2, -0.15) is 13.2 Å². The molecule has 6 nitrogen and oxygen atoms in total. The number of alkyl halides is 3. The Morgan fingerprint density at radius 2 is 2.12 bits per heavy atom. The van der Waals surface area contributed by atoms with E-state index in [4.69, 9.17) is 5.73 Å². The van der Waals surface area contributed by atoms with Crippen LogP contribution in [0.25, 0.3) is 0 Å². The van der Waals surface area contributed by atoms with Crippen molar-refractivity contribution < 1.29 is 27.5 Å². The van der Waals surface area contributed by atoms with E-state index in [0.717, 1.165) is 6.21 Å². The molecule has 0 spiro atoms. The van der Waals surface area contributed by atoms with Crippen LogP contribution in [0.3, 0.4) is 0 Å². The van der Waals surface area contributed by atoms with E-state index >= 15 is 0 Å².